The van der Waals surface area contributed by atoms with Crippen LogP contribution in [0, 0.1) is 10.1 Å². The smallest absolute Gasteiger partial charge is 0.293 e. The molecule has 1 fully saturated rings. The van der Waals surface area contributed by atoms with E-state index in [1.54, 1.807) is 17.0 Å². The molecule has 8 nitrogen and oxygen atoms in total. The number of anilines is 1. The van der Waals surface area contributed by atoms with Crippen LogP contribution in [0.3, 0.4) is 0 Å². The number of likely N-dealkylation sites (N-methyl/N-ethyl adjacent to an activating group) is 1. The summed E-state index contributed by atoms with van der Waals surface area (Å²) in [6.45, 7) is 8.56. The average molecular weight is 441 g/mol. The fourth-order valence-corrected chi connectivity index (χ4v) is 4.10. The molecule has 1 atom stereocenters. The summed E-state index contributed by atoms with van der Waals surface area (Å²) in [5, 5.41) is 15.0. The van der Waals surface area contributed by atoms with Gasteiger partial charge in [0.25, 0.3) is 11.6 Å². The van der Waals surface area contributed by atoms with Gasteiger partial charge in [-0.15, -0.1) is 0 Å². The first-order valence-corrected chi connectivity index (χ1v) is 11.2. The highest BCUT2D eigenvalue weighted by atomic mass is 16.6. The van der Waals surface area contributed by atoms with Crippen LogP contribution in [0.4, 0.5) is 11.4 Å². The SMILES string of the molecule is CCN(CC)[C@H](CNc1ccc(C(=O)N2CCOCC2)cc1[N+](=O)[O-])Cc1ccccc1. The van der Waals surface area contributed by atoms with Crippen LogP contribution < -0.4 is 5.32 Å². The van der Waals surface area contributed by atoms with Crippen molar-refractivity contribution in [2.45, 2.75) is 26.3 Å². The fraction of sp³-hybridized carbons (Fsp3) is 0.458. The molecule has 1 aliphatic rings. The maximum absolute atomic E-state index is 12.7. The molecule has 2 aromatic carbocycles. The zero-order valence-electron chi connectivity index (χ0n) is 18.8. The Kier molecular flexibility index (Phi) is 8.58. The number of nitrogens with one attached hydrogen (secondary N) is 1. The molecule has 2 aromatic rings. The lowest BCUT2D eigenvalue weighted by atomic mass is 10.0. The molecule has 1 saturated heterocycles. The van der Waals surface area contributed by atoms with Crippen LogP contribution in [0.1, 0.15) is 29.8 Å². The number of nitrogens with zero attached hydrogens (tertiary/aromatic N) is 3. The topological polar surface area (TPSA) is 88.0 Å². The van der Waals surface area contributed by atoms with Gasteiger partial charge in [0, 0.05) is 37.3 Å². The highest BCUT2D eigenvalue weighted by molar-refractivity contribution is 5.95. The van der Waals surface area contributed by atoms with E-state index in [4.69, 9.17) is 4.74 Å². The molecule has 0 bridgehead atoms. The lowest BCUT2D eigenvalue weighted by Crippen LogP contribution is -2.41. The van der Waals surface area contributed by atoms with E-state index in [1.165, 1.54) is 11.6 Å². The number of carbonyl (C=O) groups is 1. The first kappa shape index (κ1) is 23.7. The molecule has 172 valence electrons. The number of carbonyl (C=O) groups excluding carboxylic acids is 1. The lowest BCUT2D eigenvalue weighted by molar-refractivity contribution is -0.384. The van der Waals surface area contributed by atoms with Crippen molar-refractivity contribution >= 4 is 17.3 Å². The van der Waals surface area contributed by atoms with Crippen molar-refractivity contribution in [3.8, 4) is 0 Å². The summed E-state index contributed by atoms with van der Waals surface area (Å²) in [6.07, 6.45) is 0.844. The van der Waals surface area contributed by atoms with Gasteiger partial charge in [-0.2, -0.15) is 0 Å². The summed E-state index contributed by atoms with van der Waals surface area (Å²) in [5.41, 5.74) is 1.90. The predicted octanol–water partition coefficient (Wildman–Crippen LogP) is 3.43. The number of hydrogen-bond acceptors (Lipinski definition) is 6. The first-order valence-electron chi connectivity index (χ1n) is 11.2. The summed E-state index contributed by atoms with van der Waals surface area (Å²) in [5.74, 6) is -0.201. The molecule has 3 rings (SSSR count). The van der Waals surface area contributed by atoms with E-state index < -0.39 is 4.92 Å². The van der Waals surface area contributed by atoms with Crippen molar-refractivity contribution in [3.63, 3.8) is 0 Å². The Morgan fingerprint density at radius 1 is 1.16 bits per heavy atom. The number of morpholine rings is 1. The van der Waals surface area contributed by atoms with Gasteiger partial charge in [0.2, 0.25) is 0 Å². The molecule has 0 saturated carbocycles. The van der Waals surface area contributed by atoms with Crippen molar-refractivity contribution in [2.75, 3.05) is 51.3 Å². The average Bonchev–Trinajstić information content (AvgIpc) is 2.83. The second-order valence-electron chi connectivity index (χ2n) is 7.84. The number of nitro groups is 1. The van der Waals surface area contributed by atoms with Crippen LogP contribution >= 0.6 is 0 Å². The molecule has 1 aliphatic heterocycles. The van der Waals surface area contributed by atoms with Crippen molar-refractivity contribution in [3.05, 3.63) is 69.8 Å². The van der Waals surface area contributed by atoms with Gasteiger partial charge in [-0.05, 0) is 37.2 Å². The van der Waals surface area contributed by atoms with Gasteiger partial charge in [-0.25, -0.2) is 0 Å². The standard InChI is InChI=1S/C24H32N4O4/c1-3-26(4-2)21(16-19-8-6-5-7-9-19)18-25-22-11-10-20(17-23(22)28(30)31)24(29)27-12-14-32-15-13-27/h5-11,17,21,25H,3-4,12-16,18H2,1-2H3/t21-/m0/s1. The molecular formula is C24H32N4O4. The highest BCUT2D eigenvalue weighted by Crippen LogP contribution is 2.27. The monoisotopic (exact) mass is 440 g/mol. The van der Waals surface area contributed by atoms with Crippen molar-refractivity contribution in [2.24, 2.45) is 0 Å². The fourth-order valence-electron chi connectivity index (χ4n) is 4.10. The Balaban J connectivity index is 1.76. The van der Waals surface area contributed by atoms with Gasteiger partial charge in [0.15, 0.2) is 0 Å². The van der Waals surface area contributed by atoms with Gasteiger partial charge in [-0.1, -0.05) is 44.2 Å². The van der Waals surface area contributed by atoms with Crippen LogP contribution in [-0.2, 0) is 11.2 Å². The van der Waals surface area contributed by atoms with E-state index >= 15 is 0 Å². The van der Waals surface area contributed by atoms with Gasteiger partial charge in [0.05, 0.1) is 18.1 Å². The van der Waals surface area contributed by atoms with Crippen molar-refractivity contribution in [1.29, 1.82) is 0 Å². The molecule has 0 spiro atoms. The minimum atomic E-state index is -0.429. The van der Waals surface area contributed by atoms with Crippen LogP contribution in [0.2, 0.25) is 0 Å². The third-order valence-electron chi connectivity index (χ3n) is 5.91. The minimum absolute atomic E-state index is 0.0814. The highest BCUT2D eigenvalue weighted by Gasteiger charge is 2.24. The van der Waals surface area contributed by atoms with E-state index in [0.29, 0.717) is 44.1 Å². The first-order chi connectivity index (χ1) is 15.5. The summed E-state index contributed by atoms with van der Waals surface area (Å²) in [4.78, 5) is 28.1. The van der Waals surface area contributed by atoms with Gasteiger partial charge >= 0.3 is 0 Å². The maximum Gasteiger partial charge on any atom is 0.293 e. The van der Waals surface area contributed by atoms with E-state index in [0.717, 1.165) is 19.5 Å². The van der Waals surface area contributed by atoms with Crippen LogP contribution in [0.15, 0.2) is 48.5 Å². The second-order valence-corrected chi connectivity index (χ2v) is 7.84. The van der Waals surface area contributed by atoms with E-state index in [9.17, 15) is 14.9 Å². The quantitative estimate of drug-likeness (QED) is 0.450. The predicted molar refractivity (Wildman–Crippen MR) is 125 cm³/mol. The summed E-state index contributed by atoms with van der Waals surface area (Å²) >= 11 is 0. The molecule has 8 heteroatoms. The molecule has 0 radical (unpaired) electrons. The molecule has 0 unspecified atom stereocenters. The van der Waals surface area contributed by atoms with Crippen molar-refractivity contribution in [1.82, 2.24) is 9.80 Å². The number of benzene rings is 2. The van der Waals surface area contributed by atoms with E-state index in [1.807, 2.05) is 18.2 Å². The molecule has 1 heterocycles. The Hall–Kier alpha value is -2.97. The Morgan fingerprint density at radius 2 is 1.84 bits per heavy atom. The van der Waals surface area contributed by atoms with Crippen LogP contribution in [-0.4, -0.2) is 72.6 Å². The molecule has 32 heavy (non-hydrogen) atoms. The zero-order chi connectivity index (χ0) is 22.9. The molecule has 1 amide bonds. The Bertz CT molecular complexity index is 896. The summed E-state index contributed by atoms with van der Waals surface area (Å²) < 4.78 is 5.29. The molecular weight excluding hydrogens is 408 g/mol. The van der Waals surface area contributed by atoms with E-state index in [-0.39, 0.29) is 17.6 Å². The number of amides is 1. The number of nitro benzene ring substituents is 1. The van der Waals surface area contributed by atoms with Crippen LogP contribution in [0.25, 0.3) is 0 Å². The normalized spacial score (nSPS) is 14.9. The number of rotatable bonds is 10. The summed E-state index contributed by atoms with van der Waals surface area (Å²) in [7, 11) is 0. The second kappa shape index (κ2) is 11.6. The third kappa shape index (κ3) is 6.05. The minimum Gasteiger partial charge on any atom is -0.378 e. The number of ether oxygens (including phenoxy) is 1. The largest absolute Gasteiger partial charge is 0.378 e. The van der Waals surface area contributed by atoms with E-state index in [2.05, 4.69) is 36.2 Å². The Labute approximate surface area is 189 Å². The third-order valence-corrected chi connectivity index (χ3v) is 5.91. The molecule has 0 aliphatic carbocycles. The van der Waals surface area contributed by atoms with Gasteiger partial charge in [-0.3, -0.25) is 19.8 Å². The zero-order valence-corrected chi connectivity index (χ0v) is 18.8. The molecule has 0 aromatic heterocycles. The maximum atomic E-state index is 12.7. The van der Waals surface area contributed by atoms with Crippen molar-refractivity contribution < 1.29 is 14.5 Å². The summed E-state index contributed by atoms with van der Waals surface area (Å²) in [6, 6.07) is 15.1. The Morgan fingerprint density at radius 3 is 2.47 bits per heavy atom. The number of hydrogen-bond donors (Lipinski definition) is 1. The lowest BCUT2D eigenvalue weighted by Gasteiger charge is -2.30. The molecule has 1 N–H and O–H groups in total. The van der Waals surface area contributed by atoms with Gasteiger partial charge < -0.3 is 15.0 Å². The van der Waals surface area contributed by atoms with Gasteiger partial charge in [0.1, 0.15) is 5.69 Å². The van der Waals surface area contributed by atoms with Crippen LogP contribution in [0.5, 0.6) is 0 Å².